The third-order valence-corrected chi connectivity index (χ3v) is 2.23. The Morgan fingerprint density at radius 3 is 2.69 bits per heavy atom. The number of nitriles is 1. The highest BCUT2D eigenvalue weighted by Gasteiger charge is 2.06. The van der Waals surface area contributed by atoms with Gasteiger partial charge >= 0.3 is 0 Å². The molecule has 0 unspecified atom stereocenters. The first-order valence-corrected chi connectivity index (χ1v) is 4.68. The summed E-state index contributed by atoms with van der Waals surface area (Å²) < 4.78 is 0. The number of benzene rings is 1. The fraction of sp³-hybridized carbons (Fsp3) is 0.364. The molecule has 0 heterocycles. The van der Waals surface area contributed by atoms with Gasteiger partial charge in [0, 0.05) is 5.02 Å². The minimum absolute atomic E-state index is 0.439. The summed E-state index contributed by atoms with van der Waals surface area (Å²) in [7, 11) is 0. The van der Waals surface area contributed by atoms with E-state index in [1.165, 1.54) is 5.56 Å². The number of rotatable bonds is 2. The SMILES string of the molecule is CC(C)c1ccc(Cl)cc1CC#N. The molecule has 0 radical (unpaired) electrons. The molecule has 0 N–H and O–H groups in total. The molecule has 0 aliphatic rings. The van der Waals surface area contributed by atoms with Crippen molar-refractivity contribution in [3.8, 4) is 6.07 Å². The highest BCUT2D eigenvalue weighted by molar-refractivity contribution is 6.30. The van der Waals surface area contributed by atoms with Crippen LogP contribution in [-0.4, -0.2) is 0 Å². The van der Waals surface area contributed by atoms with Gasteiger partial charge in [-0.2, -0.15) is 5.26 Å². The molecule has 0 saturated heterocycles. The molecule has 1 rings (SSSR count). The van der Waals surface area contributed by atoms with Gasteiger partial charge in [-0.15, -0.1) is 0 Å². The zero-order chi connectivity index (χ0) is 9.84. The molecule has 68 valence electrons. The van der Waals surface area contributed by atoms with E-state index in [1.54, 1.807) is 0 Å². The summed E-state index contributed by atoms with van der Waals surface area (Å²) in [5.74, 6) is 0.445. The first-order chi connectivity index (χ1) is 6.15. The second kappa shape index (κ2) is 4.30. The lowest BCUT2D eigenvalue weighted by Gasteiger charge is -2.10. The summed E-state index contributed by atoms with van der Waals surface area (Å²) in [4.78, 5) is 0. The van der Waals surface area contributed by atoms with Gasteiger partial charge in [-0.25, -0.2) is 0 Å². The molecule has 0 saturated carbocycles. The van der Waals surface area contributed by atoms with Gasteiger partial charge in [0.05, 0.1) is 12.5 Å². The minimum atomic E-state index is 0.439. The normalized spacial score (nSPS) is 10.1. The average molecular weight is 194 g/mol. The quantitative estimate of drug-likeness (QED) is 0.705. The molecule has 0 aromatic heterocycles. The van der Waals surface area contributed by atoms with Gasteiger partial charge < -0.3 is 0 Å². The van der Waals surface area contributed by atoms with E-state index in [4.69, 9.17) is 16.9 Å². The molecular formula is C11H12ClN. The highest BCUT2D eigenvalue weighted by Crippen LogP contribution is 2.23. The Morgan fingerprint density at radius 2 is 2.15 bits per heavy atom. The minimum Gasteiger partial charge on any atom is -0.198 e. The molecule has 0 fully saturated rings. The first-order valence-electron chi connectivity index (χ1n) is 4.30. The number of halogens is 1. The Bertz CT molecular complexity index is 336. The van der Waals surface area contributed by atoms with Crippen LogP contribution in [0.25, 0.3) is 0 Å². The Balaban J connectivity index is 3.12. The monoisotopic (exact) mass is 193 g/mol. The van der Waals surface area contributed by atoms with Crippen LogP contribution in [0.5, 0.6) is 0 Å². The molecule has 1 aromatic rings. The topological polar surface area (TPSA) is 23.8 Å². The summed E-state index contributed by atoms with van der Waals surface area (Å²) in [5.41, 5.74) is 2.26. The van der Waals surface area contributed by atoms with Gasteiger partial charge in [0.1, 0.15) is 0 Å². The van der Waals surface area contributed by atoms with Crippen molar-refractivity contribution in [1.29, 1.82) is 5.26 Å². The van der Waals surface area contributed by atoms with Gasteiger partial charge in [0.15, 0.2) is 0 Å². The third kappa shape index (κ3) is 2.47. The van der Waals surface area contributed by atoms with Crippen LogP contribution in [0.1, 0.15) is 30.9 Å². The molecular weight excluding hydrogens is 182 g/mol. The third-order valence-electron chi connectivity index (χ3n) is 2.00. The predicted octanol–water partition coefficient (Wildman–Crippen LogP) is 3.53. The molecule has 0 amide bonds. The molecule has 0 spiro atoms. The van der Waals surface area contributed by atoms with Crippen LogP contribution in [0.2, 0.25) is 5.02 Å². The van der Waals surface area contributed by atoms with E-state index in [-0.39, 0.29) is 0 Å². The lowest BCUT2D eigenvalue weighted by molar-refractivity contribution is 0.851. The van der Waals surface area contributed by atoms with Gasteiger partial charge in [0.2, 0.25) is 0 Å². The summed E-state index contributed by atoms with van der Waals surface area (Å²) in [6.07, 6.45) is 0.439. The van der Waals surface area contributed by atoms with E-state index in [0.717, 1.165) is 5.56 Å². The highest BCUT2D eigenvalue weighted by atomic mass is 35.5. The van der Waals surface area contributed by atoms with Gasteiger partial charge in [-0.05, 0) is 29.2 Å². The smallest absolute Gasteiger partial charge is 0.0669 e. The van der Waals surface area contributed by atoms with Crippen molar-refractivity contribution >= 4 is 11.6 Å². The fourth-order valence-electron chi connectivity index (χ4n) is 1.38. The van der Waals surface area contributed by atoms with Crippen molar-refractivity contribution < 1.29 is 0 Å². The van der Waals surface area contributed by atoms with Crippen LogP contribution in [0, 0.1) is 11.3 Å². The predicted molar refractivity (Wildman–Crippen MR) is 54.9 cm³/mol. The van der Waals surface area contributed by atoms with Gasteiger partial charge in [0.25, 0.3) is 0 Å². The first kappa shape index (κ1) is 10.1. The lowest BCUT2D eigenvalue weighted by atomic mass is 9.96. The zero-order valence-electron chi connectivity index (χ0n) is 7.84. The summed E-state index contributed by atoms with van der Waals surface area (Å²) in [6.45, 7) is 4.23. The van der Waals surface area contributed by atoms with E-state index >= 15 is 0 Å². The standard InChI is InChI=1S/C11H12ClN/c1-8(2)11-4-3-10(12)7-9(11)5-6-13/h3-4,7-8H,5H2,1-2H3. The molecule has 0 atom stereocenters. The molecule has 1 nitrogen and oxygen atoms in total. The van der Waals surface area contributed by atoms with Crippen LogP contribution in [0.3, 0.4) is 0 Å². The molecule has 0 aliphatic heterocycles. The molecule has 0 aliphatic carbocycles. The Hall–Kier alpha value is -1.00. The van der Waals surface area contributed by atoms with E-state index in [1.807, 2.05) is 18.2 Å². The van der Waals surface area contributed by atoms with Gasteiger partial charge in [-0.3, -0.25) is 0 Å². The van der Waals surface area contributed by atoms with Crippen LogP contribution >= 0.6 is 11.6 Å². The van der Waals surface area contributed by atoms with Crippen molar-refractivity contribution in [3.63, 3.8) is 0 Å². The molecule has 13 heavy (non-hydrogen) atoms. The number of hydrogen-bond donors (Lipinski definition) is 0. The van der Waals surface area contributed by atoms with Crippen LogP contribution in [0.15, 0.2) is 18.2 Å². The lowest BCUT2D eigenvalue weighted by Crippen LogP contribution is -1.95. The maximum Gasteiger partial charge on any atom is 0.0669 e. The van der Waals surface area contributed by atoms with Crippen LogP contribution in [0.4, 0.5) is 0 Å². The van der Waals surface area contributed by atoms with E-state index in [9.17, 15) is 0 Å². The van der Waals surface area contributed by atoms with E-state index < -0.39 is 0 Å². The number of nitrogens with zero attached hydrogens (tertiary/aromatic N) is 1. The largest absolute Gasteiger partial charge is 0.198 e. The molecule has 1 aromatic carbocycles. The summed E-state index contributed by atoms with van der Waals surface area (Å²) in [6, 6.07) is 7.90. The Morgan fingerprint density at radius 1 is 1.46 bits per heavy atom. The zero-order valence-corrected chi connectivity index (χ0v) is 8.60. The van der Waals surface area contributed by atoms with E-state index in [2.05, 4.69) is 19.9 Å². The molecule has 0 bridgehead atoms. The van der Waals surface area contributed by atoms with Crippen molar-refractivity contribution in [2.45, 2.75) is 26.2 Å². The number of hydrogen-bond acceptors (Lipinski definition) is 1. The molecule has 2 heteroatoms. The van der Waals surface area contributed by atoms with Crippen molar-refractivity contribution in [2.75, 3.05) is 0 Å². The summed E-state index contributed by atoms with van der Waals surface area (Å²) in [5, 5.41) is 9.33. The second-order valence-corrected chi connectivity index (χ2v) is 3.77. The van der Waals surface area contributed by atoms with Gasteiger partial charge in [-0.1, -0.05) is 31.5 Å². The van der Waals surface area contributed by atoms with Crippen molar-refractivity contribution in [2.24, 2.45) is 0 Å². The Labute approximate surface area is 84.0 Å². The Kier molecular flexibility index (Phi) is 3.33. The summed E-state index contributed by atoms with van der Waals surface area (Å²) >= 11 is 5.85. The second-order valence-electron chi connectivity index (χ2n) is 3.33. The average Bonchev–Trinajstić information content (AvgIpc) is 2.04. The van der Waals surface area contributed by atoms with Crippen LogP contribution in [-0.2, 0) is 6.42 Å². The maximum absolute atomic E-state index is 8.62. The maximum atomic E-state index is 8.62. The van der Waals surface area contributed by atoms with Crippen molar-refractivity contribution in [1.82, 2.24) is 0 Å². The van der Waals surface area contributed by atoms with E-state index in [0.29, 0.717) is 17.4 Å². The van der Waals surface area contributed by atoms with Crippen molar-refractivity contribution in [3.05, 3.63) is 34.3 Å². The van der Waals surface area contributed by atoms with Crippen LogP contribution < -0.4 is 0 Å². The fourth-order valence-corrected chi connectivity index (χ4v) is 1.57.